The fourth-order valence-electron chi connectivity index (χ4n) is 3.23. The molecule has 0 aliphatic carbocycles. The first-order valence-corrected chi connectivity index (χ1v) is 9.86. The van der Waals surface area contributed by atoms with Crippen molar-refractivity contribution in [2.75, 3.05) is 20.3 Å². The molecule has 0 amide bonds. The maximum Gasteiger partial charge on any atom is 0.183 e. The van der Waals surface area contributed by atoms with Gasteiger partial charge >= 0.3 is 0 Å². The number of imidazole rings is 1. The summed E-state index contributed by atoms with van der Waals surface area (Å²) < 4.78 is 25.0. The lowest BCUT2D eigenvalue weighted by molar-refractivity contribution is -0.0896. The van der Waals surface area contributed by atoms with Gasteiger partial charge in [0.1, 0.15) is 23.6 Å². The molecule has 1 aliphatic heterocycles. The summed E-state index contributed by atoms with van der Waals surface area (Å²) in [5.74, 6) is 1.20. The predicted octanol–water partition coefficient (Wildman–Crippen LogP) is 4.96. The van der Waals surface area contributed by atoms with Gasteiger partial charge in [-0.25, -0.2) is 4.98 Å². The molecule has 2 aromatic carbocycles. The number of nitrogens with zero attached hydrogens (tertiary/aromatic N) is 2. The molecular weight excluding hydrogens is 415 g/mol. The van der Waals surface area contributed by atoms with E-state index < -0.39 is 6.29 Å². The number of aromatic nitrogens is 2. The summed E-state index contributed by atoms with van der Waals surface area (Å²) in [5.41, 5.74) is 1.00. The van der Waals surface area contributed by atoms with Gasteiger partial charge in [0.25, 0.3) is 0 Å². The molecule has 1 fully saturated rings. The largest absolute Gasteiger partial charge is 0.456 e. The Morgan fingerprint density at radius 1 is 1.21 bits per heavy atom. The van der Waals surface area contributed by atoms with E-state index in [4.69, 9.17) is 42.1 Å². The van der Waals surface area contributed by atoms with Crippen LogP contribution in [0.25, 0.3) is 0 Å². The molecule has 1 aromatic heterocycles. The normalized spacial score (nSPS) is 20.0. The Labute approximate surface area is 178 Å². The Hall–Kier alpha value is -2.09. The molecule has 0 N–H and O–H groups in total. The lowest BCUT2D eigenvalue weighted by Crippen LogP contribution is -2.27. The number of rotatable bonds is 7. The van der Waals surface area contributed by atoms with Crippen molar-refractivity contribution in [2.45, 2.75) is 18.4 Å². The maximum atomic E-state index is 6.19. The number of benzene rings is 2. The molecule has 1 saturated heterocycles. The number of ether oxygens (including phenoxy) is 4. The summed E-state index contributed by atoms with van der Waals surface area (Å²) in [6.45, 7) is 0.974. The van der Waals surface area contributed by atoms with E-state index in [0.29, 0.717) is 34.8 Å². The van der Waals surface area contributed by atoms with Gasteiger partial charge in [0, 0.05) is 24.5 Å². The Kier molecular flexibility index (Phi) is 6.37. The Morgan fingerprint density at radius 2 is 2.03 bits per heavy atom. The zero-order valence-electron chi connectivity index (χ0n) is 15.7. The molecule has 3 atom stereocenters. The lowest BCUT2D eigenvalue weighted by atomic mass is 10.1. The number of hydrogen-bond donors (Lipinski definition) is 0. The van der Waals surface area contributed by atoms with E-state index in [-0.39, 0.29) is 12.1 Å². The van der Waals surface area contributed by atoms with Crippen LogP contribution in [0.2, 0.25) is 10.0 Å². The quantitative estimate of drug-likeness (QED) is 0.525. The highest BCUT2D eigenvalue weighted by Crippen LogP contribution is 2.34. The molecule has 4 rings (SSSR count). The molecule has 2 heterocycles. The zero-order valence-corrected chi connectivity index (χ0v) is 17.2. The third-order valence-electron chi connectivity index (χ3n) is 4.57. The van der Waals surface area contributed by atoms with Crippen molar-refractivity contribution >= 4 is 23.2 Å². The number of halogens is 2. The Balaban J connectivity index is 1.54. The van der Waals surface area contributed by atoms with Gasteiger partial charge in [-0.1, -0.05) is 35.3 Å². The second-order valence-electron chi connectivity index (χ2n) is 6.62. The van der Waals surface area contributed by atoms with E-state index >= 15 is 0 Å². The molecule has 29 heavy (non-hydrogen) atoms. The molecule has 1 aliphatic rings. The minimum absolute atomic E-state index is 0.0920. The van der Waals surface area contributed by atoms with Crippen LogP contribution >= 0.6 is 23.2 Å². The van der Waals surface area contributed by atoms with Gasteiger partial charge < -0.3 is 23.5 Å². The zero-order chi connectivity index (χ0) is 20.2. The van der Waals surface area contributed by atoms with Crippen LogP contribution in [0.4, 0.5) is 0 Å². The van der Waals surface area contributed by atoms with Crippen LogP contribution in [-0.4, -0.2) is 42.3 Å². The van der Waals surface area contributed by atoms with Crippen molar-refractivity contribution in [1.82, 2.24) is 9.55 Å². The molecule has 3 unspecified atom stereocenters. The Morgan fingerprint density at radius 3 is 2.72 bits per heavy atom. The third-order valence-corrected chi connectivity index (χ3v) is 5.10. The molecular formula is C21H20Cl2N2O4. The van der Waals surface area contributed by atoms with Crippen molar-refractivity contribution in [3.63, 3.8) is 0 Å². The molecule has 0 saturated carbocycles. The summed E-state index contributed by atoms with van der Waals surface area (Å²) in [5, 5.41) is 1.01. The number of methoxy groups -OCH3 is 1. The van der Waals surface area contributed by atoms with Gasteiger partial charge in [-0.3, -0.25) is 0 Å². The first-order valence-electron chi connectivity index (χ1n) is 9.10. The van der Waals surface area contributed by atoms with Crippen molar-refractivity contribution < 1.29 is 18.9 Å². The van der Waals surface area contributed by atoms with Gasteiger partial charge in [0.05, 0.1) is 24.6 Å². The van der Waals surface area contributed by atoms with Crippen LogP contribution in [-0.2, 0) is 14.2 Å². The summed E-state index contributed by atoms with van der Waals surface area (Å²) >= 11 is 12.1. The van der Waals surface area contributed by atoms with Crippen LogP contribution in [0.15, 0.2) is 61.2 Å². The second kappa shape index (κ2) is 9.15. The SMILES string of the molecule is COCC1COC(C(c2ccc(Oc3ccc(Cl)cc3Cl)cc2)n2ccnc2)O1. The highest BCUT2D eigenvalue weighted by atomic mass is 35.5. The van der Waals surface area contributed by atoms with Gasteiger partial charge in [0.15, 0.2) is 6.29 Å². The molecule has 8 heteroatoms. The molecule has 3 aromatic rings. The van der Waals surface area contributed by atoms with E-state index in [1.807, 2.05) is 35.0 Å². The topological polar surface area (TPSA) is 54.7 Å². The van der Waals surface area contributed by atoms with Crippen LogP contribution in [0, 0.1) is 0 Å². The van der Waals surface area contributed by atoms with Crippen molar-refractivity contribution in [1.29, 1.82) is 0 Å². The van der Waals surface area contributed by atoms with Crippen molar-refractivity contribution in [3.05, 3.63) is 76.8 Å². The van der Waals surface area contributed by atoms with Gasteiger partial charge in [0.2, 0.25) is 0 Å². The smallest absolute Gasteiger partial charge is 0.183 e. The fourth-order valence-corrected chi connectivity index (χ4v) is 3.68. The van der Waals surface area contributed by atoms with E-state index in [1.165, 1.54) is 0 Å². The molecule has 0 spiro atoms. The van der Waals surface area contributed by atoms with E-state index in [1.54, 1.807) is 37.8 Å². The van der Waals surface area contributed by atoms with Crippen molar-refractivity contribution in [2.24, 2.45) is 0 Å². The monoisotopic (exact) mass is 434 g/mol. The van der Waals surface area contributed by atoms with E-state index in [2.05, 4.69) is 4.98 Å². The maximum absolute atomic E-state index is 6.19. The summed E-state index contributed by atoms with van der Waals surface area (Å²) in [6.07, 6.45) is 4.83. The second-order valence-corrected chi connectivity index (χ2v) is 7.46. The van der Waals surface area contributed by atoms with Crippen molar-refractivity contribution in [3.8, 4) is 11.5 Å². The third kappa shape index (κ3) is 4.74. The van der Waals surface area contributed by atoms with Crippen LogP contribution < -0.4 is 4.74 Å². The summed E-state index contributed by atoms with van der Waals surface area (Å²) in [6, 6.07) is 12.6. The standard InChI is InChI=1S/C21H20Cl2N2O4/c1-26-11-17-12-27-21(29-17)20(25-9-8-24-13-25)14-2-5-16(6-3-14)28-19-7-4-15(22)10-18(19)23/h2-10,13,17,20-21H,11-12H2,1H3. The molecule has 6 nitrogen and oxygen atoms in total. The fraction of sp³-hybridized carbons (Fsp3) is 0.286. The van der Waals surface area contributed by atoms with Crippen LogP contribution in [0.1, 0.15) is 11.6 Å². The van der Waals surface area contributed by atoms with E-state index in [0.717, 1.165) is 5.56 Å². The summed E-state index contributed by atoms with van der Waals surface area (Å²) in [7, 11) is 1.65. The van der Waals surface area contributed by atoms with Gasteiger partial charge in [-0.15, -0.1) is 0 Å². The van der Waals surface area contributed by atoms with E-state index in [9.17, 15) is 0 Å². The first-order chi connectivity index (χ1) is 14.1. The highest BCUT2D eigenvalue weighted by Gasteiger charge is 2.34. The van der Waals surface area contributed by atoms with Gasteiger partial charge in [-0.2, -0.15) is 0 Å². The predicted molar refractivity (Wildman–Crippen MR) is 110 cm³/mol. The average molecular weight is 435 g/mol. The molecule has 0 radical (unpaired) electrons. The molecule has 152 valence electrons. The minimum Gasteiger partial charge on any atom is -0.456 e. The Bertz CT molecular complexity index is 934. The van der Waals surface area contributed by atoms with Gasteiger partial charge in [-0.05, 0) is 35.9 Å². The lowest BCUT2D eigenvalue weighted by Gasteiger charge is -2.24. The molecule has 0 bridgehead atoms. The first kappa shape index (κ1) is 20.2. The van der Waals surface area contributed by atoms with Crippen LogP contribution in [0.5, 0.6) is 11.5 Å². The van der Waals surface area contributed by atoms with Crippen LogP contribution in [0.3, 0.4) is 0 Å². The minimum atomic E-state index is -0.443. The highest BCUT2D eigenvalue weighted by molar-refractivity contribution is 6.35. The number of hydrogen-bond acceptors (Lipinski definition) is 5. The average Bonchev–Trinajstić information content (AvgIpc) is 3.39. The summed E-state index contributed by atoms with van der Waals surface area (Å²) in [4.78, 5) is 4.16.